The largest absolute Gasteiger partial charge is 0.450 e. The fraction of sp³-hybridized carbons (Fsp3) is 0.818. The molecule has 0 radical (unpaired) electrons. The summed E-state index contributed by atoms with van der Waals surface area (Å²) in [4.78, 5) is 23.1. The number of hydrogen-bond acceptors (Lipinski definition) is 6. The zero-order valence-corrected chi connectivity index (χ0v) is 13.4. The minimum atomic E-state index is -1.42. The maximum absolute atomic E-state index is 11.6. The van der Waals surface area contributed by atoms with Crippen LogP contribution in [-0.2, 0) is 35.9 Å². The third-order valence-electron chi connectivity index (χ3n) is 2.42. The Bertz CT molecular complexity index is 387. The van der Waals surface area contributed by atoms with E-state index in [-0.39, 0.29) is 24.3 Å². The molecule has 0 aromatic rings. The summed E-state index contributed by atoms with van der Waals surface area (Å²) >= 11 is 0. The molecule has 0 rings (SSSR count). The van der Waals surface area contributed by atoms with Crippen molar-refractivity contribution in [2.45, 2.75) is 25.0 Å². The average Bonchev–Trinajstić information content (AvgIpc) is 2.39. The lowest BCUT2D eigenvalue weighted by atomic mass is 10.2. The Labute approximate surface area is 123 Å². The van der Waals surface area contributed by atoms with Crippen LogP contribution in [0.25, 0.3) is 0 Å². The number of nitrogens with one attached hydrogen (secondary N) is 1. The van der Waals surface area contributed by atoms with Gasteiger partial charge in [-0.1, -0.05) is 0 Å². The van der Waals surface area contributed by atoms with Crippen LogP contribution >= 0.6 is 0 Å². The molecular formula is C11H21NO6S2. The summed E-state index contributed by atoms with van der Waals surface area (Å²) in [5, 5.41) is 11.9. The lowest BCUT2D eigenvalue weighted by Crippen LogP contribution is -2.39. The number of likely N-dealkylation sites (N-methyl/N-ethyl adjacent to an activating group) is 1. The molecule has 9 heteroatoms. The molecule has 0 bridgehead atoms. The van der Waals surface area contributed by atoms with Crippen molar-refractivity contribution in [3.8, 4) is 0 Å². The monoisotopic (exact) mass is 327 g/mol. The summed E-state index contributed by atoms with van der Waals surface area (Å²) < 4.78 is 26.8. The van der Waals surface area contributed by atoms with Gasteiger partial charge in [0.25, 0.3) is 5.91 Å². The Morgan fingerprint density at radius 1 is 1.15 bits per heavy atom. The quantitative estimate of drug-likeness (QED) is 0.501. The molecule has 0 aliphatic rings. The van der Waals surface area contributed by atoms with Gasteiger partial charge in [-0.2, -0.15) is 0 Å². The van der Waals surface area contributed by atoms with Crippen molar-refractivity contribution >= 4 is 33.5 Å². The van der Waals surface area contributed by atoms with Crippen molar-refractivity contribution in [2.24, 2.45) is 0 Å². The van der Waals surface area contributed by atoms with Crippen LogP contribution < -0.4 is 5.32 Å². The first-order valence-corrected chi connectivity index (χ1v) is 9.43. The summed E-state index contributed by atoms with van der Waals surface area (Å²) in [6.45, 7) is 0. The second-order valence-corrected chi connectivity index (χ2v) is 7.30. The van der Waals surface area contributed by atoms with Crippen LogP contribution in [0.4, 0.5) is 0 Å². The minimum Gasteiger partial charge on any atom is -0.450 e. The van der Waals surface area contributed by atoms with E-state index < -0.39 is 45.7 Å². The molecule has 0 fully saturated rings. The predicted molar refractivity (Wildman–Crippen MR) is 77.1 cm³/mol. The smallest absolute Gasteiger partial charge is 0.335 e. The maximum atomic E-state index is 11.6. The third kappa shape index (κ3) is 8.39. The molecule has 2 N–H and O–H groups in total. The molecule has 7 nitrogen and oxygen atoms in total. The van der Waals surface area contributed by atoms with E-state index >= 15 is 0 Å². The maximum Gasteiger partial charge on any atom is 0.335 e. The molecule has 118 valence electrons. The topological polar surface area (TPSA) is 110 Å². The molecule has 0 aliphatic heterocycles. The molecule has 0 heterocycles. The van der Waals surface area contributed by atoms with E-state index in [0.29, 0.717) is 0 Å². The zero-order chi connectivity index (χ0) is 15.7. The van der Waals surface area contributed by atoms with Gasteiger partial charge in [0.05, 0.1) is 0 Å². The minimum absolute atomic E-state index is 0.00210. The highest BCUT2D eigenvalue weighted by Gasteiger charge is 2.26. The predicted octanol–water partition coefficient (Wildman–Crippen LogP) is -1.46. The number of rotatable bonds is 9. The number of carbonyl (C=O) groups is 2. The summed E-state index contributed by atoms with van der Waals surface area (Å²) in [5.74, 6) is -1.08. The Morgan fingerprint density at radius 3 is 2.10 bits per heavy atom. The van der Waals surface area contributed by atoms with E-state index in [2.05, 4.69) is 5.32 Å². The van der Waals surface area contributed by atoms with E-state index in [9.17, 15) is 23.1 Å². The number of amides is 1. The first kappa shape index (κ1) is 19.2. The summed E-state index contributed by atoms with van der Waals surface area (Å²) in [6, 6.07) is 0. The highest BCUT2D eigenvalue weighted by Crippen LogP contribution is 2.05. The number of ether oxygens (including phenoxy) is 1. The molecule has 20 heavy (non-hydrogen) atoms. The number of aliphatic hydroxyl groups is 1. The van der Waals surface area contributed by atoms with Crippen LogP contribution in [-0.4, -0.2) is 68.7 Å². The van der Waals surface area contributed by atoms with E-state index in [1.807, 2.05) is 0 Å². The van der Waals surface area contributed by atoms with Gasteiger partial charge in [-0.15, -0.1) is 0 Å². The van der Waals surface area contributed by atoms with Crippen molar-refractivity contribution in [3.63, 3.8) is 0 Å². The number of aliphatic hydroxyl groups excluding tert-OH is 1. The first-order chi connectivity index (χ1) is 9.27. The van der Waals surface area contributed by atoms with Gasteiger partial charge in [0.1, 0.15) is 0 Å². The van der Waals surface area contributed by atoms with Crippen molar-refractivity contribution in [1.82, 2.24) is 5.32 Å². The highest BCUT2D eigenvalue weighted by molar-refractivity contribution is 7.84. The molecule has 0 saturated carbocycles. The van der Waals surface area contributed by atoms with E-state index in [4.69, 9.17) is 4.74 Å². The molecule has 0 saturated heterocycles. The van der Waals surface area contributed by atoms with Crippen LogP contribution in [0, 0.1) is 0 Å². The van der Waals surface area contributed by atoms with Crippen LogP contribution in [0.15, 0.2) is 0 Å². The van der Waals surface area contributed by atoms with Gasteiger partial charge >= 0.3 is 5.97 Å². The standard InChI is InChI=1S/C11H21NO6S2/c1-12-10(14)9(5-7-20(3)17)18-11(15)8(13)4-6-19(2)16/h8-9,13H,4-7H2,1-3H3,(H,12,14). The van der Waals surface area contributed by atoms with Crippen molar-refractivity contribution in [1.29, 1.82) is 0 Å². The molecule has 0 spiro atoms. The average molecular weight is 327 g/mol. The third-order valence-corrected chi connectivity index (χ3v) is 4.04. The zero-order valence-electron chi connectivity index (χ0n) is 11.8. The number of esters is 1. The van der Waals surface area contributed by atoms with Gasteiger partial charge in [-0.25, -0.2) is 4.79 Å². The lowest BCUT2D eigenvalue weighted by Gasteiger charge is -2.18. The molecule has 0 aromatic carbocycles. The number of carbonyl (C=O) groups excluding carboxylic acids is 2. The molecule has 4 unspecified atom stereocenters. The van der Waals surface area contributed by atoms with Gasteiger partial charge in [-0.05, 0) is 6.42 Å². The van der Waals surface area contributed by atoms with Gasteiger partial charge in [-0.3, -0.25) is 13.2 Å². The SMILES string of the molecule is CNC(=O)C(CCS(C)=O)OC(=O)C(O)CCS(C)=O. The fourth-order valence-corrected chi connectivity index (χ4v) is 2.39. The van der Waals surface area contributed by atoms with Gasteiger partial charge < -0.3 is 15.2 Å². The van der Waals surface area contributed by atoms with E-state index in [0.717, 1.165) is 0 Å². The van der Waals surface area contributed by atoms with Gasteiger partial charge in [0.2, 0.25) is 0 Å². The Balaban J connectivity index is 4.47. The molecule has 1 amide bonds. The summed E-state index contributed by atoms with van der Waals surface area (Å²) in [7, 11) is -0.845. The van der Waals surface area contributed by atoms with Crippen molar-refractivity contribution < 1.29 is 27.9 Å². The van der Waals surface area contributed by atoms with E-state index in [1.165, 1.54) is 19.6 Å². The van der Waals surface area contributed by atoms with Crippen LogP contribution in [0.1, 0.15) is 12.8 Å². The number of hydrogen-bond donors (Lipinski definition) is 2. The molecule has 0 aromatic heterocycles. The normalized spacial score (nSPS) is 16.8. The summed E-state index contributed by atoms with van der Waals surface area (Å²) in [6.07, 6.45) is 0.551. The van der Waals surface area contributed by atoms with Crippen LogP contribution in [0.5, 0.6) is 0 Å². The lowest BCUT2D eigenvalue weighted by molar-refractivity contribution is -0.164. The first-order valence-electron chi connectivity index (χ1n) is 5.98. The highest BCUT2D eigenvalue weighted by atomic mass is 32.2. The Morgan fingerprint density at radius 2 is 1.65 bits per heavy atom. The Hall–Kier alpha value is -0.800. The van der Waals surface area contributed by atoms with E-state index in [1.54, 1.807) is 0 Å². The van der Waals surface area contributed by atoms with Crippen molar-refractivity contribution in [3.05, 3.63) is 0 Å². The molecule has 0 aliphatic carbocycles. The molecular weight excluding hydrogens is 306 g/mol. The van der Waals surface area contributed by atoms with Crippen LogP contribution in [0.3, 0.4) is 0 Å². The van der Waals surface area contributed by atoms with Gasteiger partial charge in [0, 0.05) is 59.1 Å². The Kier molecular flexibility index (Phi) is 9.60. The summed E-state index contributed by atoms with van der Waals surface area (Å²) in [5.41, 5.74) is 0. The van der Waals surface area contributed by atoms with Crippen molar-refractivity contribution in [2.75, 3.05) is 31.1 Å². The molecule has 4 atom stereocenters. The second kappa shape index (κ2) is 10.0. The fourth-order valence-electron chi connectivity index (χ4n) is 1.29. The van der Waals surface area contributed by atoms with Gasteiger partial charge in [0.15, 0.2) is 12.2 Å². The second-order valence-electron chi connectivity index (χ2n) is 4.19. The van der Waals surface area contributed by atoms with Crippen LogP contribution in [0.2, 0.25) is 0 Å².